The molecule has 0 aromatic rings. The molecule has 0 aliphatic rings. The highest BCUT2D eigenvalue weighted by Crippen LogP contribution is 2.12. The van der Waals surface area contributed by atoms with Crippen LogP contribution < -0.4 is 10.6 Å². The average molecular weight is 270 g/mol. The predicted octanol–water partition coefficient (Wildman–Crippen LogP) is 1.58. The second-order valence-electron chi connectivity index (χ2n) is 4.57. The molecule has 0 spiro atoms. The number of alkyl halides is 3. The molecule has 2 amide bonds. The quantitative estimate of drug-likeness (QED) is 0.815. The summed E-state index contributed by atoms with van der Waals surface area (Å²) in [6.45, 7) is 3.55. The topological polar surface area (TPSA) is 67.4 Å². The molecule has 5 nitrogen and oxygen atoms in total. The van der Waals surface area contributed by atoms with Gasteiger partial charge >= 0.3 is 12.3 Å². The van der Waals surface area contributed by atoms with Gasteiger partial charge in [0, 0.05) is 13.0 Å². The zero-order valence-corrected chi connectivity index (χ0v) is 10.5. The van der Waals surface area contributed by atoms with Gasteiger partial charge in [-0.15, -0.1) is 0 Å². The maximum atomic E-state index is 11.7. The highest BCUT2D eigenvalue weighted by molar-refractivity contribution is 5.77. The van der Waals surface area contributed by atoms with Crippen molar-refractivity contribution in [1.82, 2.24) is 10.6 Å². The second kappa shape index (κ2) is 6.46. The van der Waals surface area contributed by atoms with Gasteiger partial charge in [-0.2, -0.15) is 13.2 Å². The predicted molar refractivity (Wildman–Crippen MR) is 57.9 cm³/mol. The Morgan fingerprint density at radius 3 is 2.11 bits per heavy atom. The van der Waals surface area contributed by atoms with Crippen LogP contribution in [0.25, 0.3) is 0 Å². The Kier molecular flexibility index (Phi) is 5.93. The number of ether oxygens (including phenoxy) is 1. The van der Waals surface area contributed by atoms with E-state index < -0.39 is 30.3 Å². The molecule has 0 aromatic heterocycles. The molecule has 106 valence electrons. The van der Waals surface area contributed by atoms with E-state index in [0.29, 0.717) is 0 Å². The molecular weight excluding hydrogens is 253 g/mol. The van der Waals surface area contributed by atoms with Crippen molar-refractivity contribution in [2.75, 3.05) is 13.1 Å². The summed E-state index contributed by atoms with van der Waals surface area (Å²) < 4.78 is 40.1. The summed E-state index contributed by atoms with van der Waals surface area (Å²) in [4.78, 5) is 22.1. The summed E-state index contributed by atoms with van der Waals surface area (Å²) in [6, 6.07) is 0. The van der Waals surface area contributed by atoms with Crippen molar-refractivity contribution in [3.8, 4) is 0 Å². The Hall–Kier alpha value is -1.47. The fourth-order valence-electron chi connectivity index (χ4n) is 0.879. The van der Waals surface area contributed by atoms with E-state index in [1.165, 1.54) is 0 Å². The molecule has 0 saturated heterocycles. The lowest BCUT2D eigenvalue weighted by Crippen LogP contribution is -2.37. The minimum absolute atomic E-state index is 0.0847. The van der Waals surface area contributed by atoms with Crippen LogP contribution in [0.2, 0.25) is 0 Å². The molecule has 8 heteroatoms. The Morgan fingerprint density at radius 2 is 1.67 bits per heavy atom. The molecule has 0 atom stereocenters. The van der Waals surface area contributed by atoms with Crippen LogP contribution in [0.3, 0.4) is 0 Å². The molecule has 0 bridgehead atoms. The summed E-state index contributed by atoms with van der Waals surface area (Å²) >= 11 is 0. The van der Waals surface area contributed by atoms with Crippen LogP contribution in [-0.4, -0.2) is 36.9 Å². The average Bonchev–Trinajstić information content (AvgIpc) is 2.10. The SMILES string of the molecule is CC(C)(C)OC(=O)NCCC(=O)NCC(F)(F)F. The molecule has 0 aliphatic carbocycles. The van der Waals surface area contributed by atoms with Gasteiger partial charge in [-0.1, -0.05) is 0 Å². The van der Waals surface area contributed by atoms with Gasteiger partial charge in [-0.3, -0.25) is 4.79 Å². The summed E-state index contributed by atoms with van der Waals surface area (Å²) in [7, 11) is 0. The summed E-state index contributed by atoms with van der Waals surface area (Å²) in [5.41, 5.74) is -0.664. The van der Waals surface area contributed by atoms with Crippen molar-refractivity contribution in [3.63, 3.8) is 0 Å². The summed E-state index contributed by atoms with van der Waals surface area (Å²) in [6.07, 6.45) is -5.39. The number of halogens is 3. The molecule has 0 heterocycles. The van der Waals surface area contributed by atoms with Gasteiger partial charge in [0.15, 0.2) is 0 Å². The highest BCUT2D eigenvalue weighted by atomic mass is 19.4. The van der Waals surface area contributed by atoms with Crippen LogP contribution in [0.4, 0.5) is 18.0 Å². The summed E-state index contributed by atoms with van der Waals surface area (Å²) in [5, 5.41) is 3.95. The van der Waals surface area contributed by atoms with E-state index in [1.807, 2.05) is 0 Å². The lowest BCUT2D eigenvalue weighted by molar-refractivity contribution is -0.138. The molecule has 0 rings (SSSR count). The van der Waals surface area contributed by atoms with Crippen LogP contribution in [0.15, 0.2) is 0 Å². The van der Waals surface area contributed by atoms with E-state index in [-0.39, 0.29) is 13.0 Å². The van der Waals surface area contributed by atoms with Crippen molar-refractivity contribution in [3.05, 3.63) is 0 Å². The van der Waals surface area contributed by atoms with E-state index in [0.717, 1.165) is 0 Å². The van der Waals surface area contributed by atoms with E-state index >= 15 is 0 Å². The van der Waals surface area contributed by atoms with Crippen LogP contribution in [0, 0.1) is 0 Å². The number of carbonyl (C=O) groups excluding carboxylic acids is 2. The van der Waals surface area contributed by atoms with E-state index in [9.17, 15) is 22.8 Å². The first-order valence-electron chi connectivity index (χ1n) is 5.30. The van der Waals surface area contributed by atoms with Gasteiger partial charge < -0.3 is 15.4 Å². The molecule has 0 fully saturated rings. The van der Waals surface area contributed by atoms with Crippen LogP contribution >= 0.6 is 0 Å². The highest BCUT2D eigenvalue weighted by Gasteiger charge is 2.27. The minimum Gasteiger partial charge on any atom is -0.444 e. The summed E-state index contributed by atoms with van der Waals surface area (Å²) in [5.74, 6) is -0.789. The standard InChI is InChI=1S/C10H17F3N2O3/c1-9(2,3)18-8(17)14-5-4-7(16)15-6-10(11,12)13/h4-6H2,1-3H3,(H,14,17)(H,15,16). The van der Waals surface area contributed by atoms with E-state index in [4.69, 9.17) is 4.74 Å². The van der Waals surface area contributed by atoms with Crippen molar-refractivity contribution >= 4 is 12.0 Å². The third kappa shape index (κ3) is 11.0. The Bertz CT molecular complexity index is 298. The molecule has 0 aromatic carbocycles. The molecule has 0 unspecified atom stereocenters. The number of alkyl carbamates (subject to hydrolysis) is 1. The number of nitrogens with one attached hydrogen (secondary N) is 2. The second-order valence-corrected chi connectivity index (χ2v) is 4.57. The first-order valence-corrected chi connectivity index (χ1v) is 5.30. The van der Waals surface area contributed by atoms with Crippen LogP contribution in [-0.2, 0) is 9.53 Å². The first kappa shape index (κ1) is 16.5. The van der Waals surface area contributed by atoms with Gasteiger partial charge in [0.1, 0.15) is 12.1 Å². The number of carbonyl (C=O) groups is 2. The van der Waals surface area contributed by atoms with Crippen molar-refractivity contribution < 1.29 is 27.5 Å². The number of hydrogen-bond acceptors (Lipinski definition) is 3. The maximum absolute atomic E-state index is 11.7. The minimum atomic E-state index is -4.44. The lowest BCUT2D eigenvalue weighted by Gasteiger charge is -2.19. The monoisotopic (exact) mass is 270 g/mol. The fraction of sp³-hybridized carbons (Fsp3) is 0.800. The fourth-order valence-corrected chi connectivity index (χ4v) is 0.879. The molecule has 0 radical (unpaired) electrons. The van der Waals surface area contributed by atoms with Gasteiger partial charge in [0.2, 0.25) is 5.91 Å². The number of rotatable bonds is 4. The molecular formula is C10H17F3N2O3. The van der Waals surface area contributed by atoms with Gasteiger partial charge in [-0.05, 0) is 20.8 Å². The van der Waals surface area contributed by atoms with Gasteiger partial charge in [0.25, 0.3) is 0 Å². The smallest absolute Gasteiger partial charge is 0.407 e. The molecule has 18 heavy (non-hydrogen) atoms. The number of hydrogen-bond donors (Lipinski definition) is 2. The molecule has 0 saturated carbocycles. The lowest BCUT2D eigenvalue weighted by atomic mass is 10.2. The van der Waals surface area contributed by atoms with E-state index in [1.54, 1.807) is 26.1 Å². The van der Waals surface area contributed by atoms with Crippen molar-refractivity contribution in [2.45, 2.75) is 39.0 Å². The largest absolute Gasteiger partial charge is 0.444 e. The molecule has 0 aliphatic heterocycles. The normalized spacial score (nSPS) is 11.9. The van der Waals surface area contributed by atoms with Gasteiger partial charge in [0.05, 0.1) is 0 Å². The first-order chi connectivity index (χ1) is 7.99. The Morgan fingerprint density at radius 1 is 1.11 bits per heavy atom. The van der Waals surface area contributed by atoms with Crippen molar-refractivity contribution in [2.24, 2.45) is 0 Å². The van der Waals surface area contributed by atoms with Gasteiger partial charge in [-0.25, -0.2) is 4.79 Å². The third-order valence-electron chi connectivity index (χ3n) is 1.51. The zero-order valence-electron chi connectivity index (χ0n) is 10.5. The Labute approximate surface area is 103 Å². The van der Waals surface area contributed by atoms with E-state index in [2.05, 4.69) is 5.32 Å². The third-order valence-corrected chi connectivity index (χ3v) is 1.51. The zero-order chi connectivity index (χ0) is 14.4. The Balaban J connectivity index is 3.72. The van der Waals surface area contributed by atoms with Crippen LogP contribution in [0.5, 0.6) is 0 Å². The maximum Gasteiger partial charge on any atom is 0.407 e. The van der Waals surface area contributed by atoms with Crippen molar-refractivity contribution in [1.29, 1.82) is 0 Å². The number of amides is 2. The molecule has 2 N–H and O–H groups in total. The van der Waals surface area contributed by atoms with Crippen LogP contribution in [0.1, 0.15) is 27.2 Å².